The van der Waals surface area contributed by atoms with Gasteiger partial charge in [-0.25, -0.2) is 4.98 Å². The largest absolute Gasteiger partial charge is 0.480 e. The van der Waals surface area contributed by atoms with E-state index >= 15 is 0 Å². The lowest BCUT2D eigenvalue weighted by atomic mass is 10.2. The van der Waals surface area contributed by atoms with Crippen molar-refractivity contribution in [3.05, 3.63) is 30.5 Å². The molecule has 0 unspecified atom stereocenters. The molecule has 0 saturated carbocycles. The summed E-state index contributed by atoms with van der Waals surface area (Å²) < 4.78 is 4.98. The Kier molecular flexibility index (Phi) is 3.18. The van der Waals surface area contributed by atoms with Crippen molar-refractivity contribution in [3.63, 3.8) is 0 Å². The normalized spacial score (nSPS) is 10.1. The average molecular weight is 230 g/mol. The standard InChI is InChI=1S/C12H14N4O/c1-16(2)12-9(5-4-8-13-12)10-6-7-11(17-3)15-14-10/h4-8H,1-3H3. The van der Waals surface area contributed by atoms with E-state index in [9.17, 15) is 0 Å². The Morgan fingerprint density at radius 1 is 1.12 bits per heavy atom. The second kappa shape index (κ2) is 4.78. The van der Waals surface area contributed by atoms with Gasteiger partial charge in [-0.15, -0.1) is 10.2 Å². The zero-order chi connectivity index (χ0) is 12.3. The molecular weight excluding hydrogens is 216 g/mol. The van der Waals surface area contributed by atoms with Crippen molar-refractivity contribution < 1.29 is 4.74 Å². The molecule has 0 fully saturated rings. The van der Waals surface area contributed by atoms with E-state index in [-0.39, 0.29) is 0 Å². The van der Waals surface area contributed by atoms with E-state index in [1.165, 1.54) is 0 Å². The lowest BCUT2D eigenvalue weighted by molar-refractivity contribution is 0.392. The summed E-state index contributed by atoms with van der Waals surface area (Å²) in [6, 6.07) is 7.51. The van der Waals surface area contributed by atoms with Crippen molar-refractivity contribution in [3.8, 4) is 17.1 Å². The van der Waals surface area contributed by atoms with Crippen molar-refractivity contribution in [1.29, 1.82) is 0 Å². The second-order valence-electron chi connectivity index (χ2n) is 3.73. The number of pyridine rings is 1. The van der Waals surface area contributed by atoms with Crippen molar-refractivity contribution in [2.45, 2.75) is 0 Å². The van der Waals surface area contributed by atoms with Gasteiger partial charge in [-0.05, 0) is 18.2 Å². The van der Waals surface area contributed by atoms with Crippen LogP contribution in [-0.2, 0) is 0 Å². The molecule has 88 valence electrons. The highest BCUT2D eigenvalue weighted by atomic mass is 16.5. The Balaban J connectivity index is 2.45. The highest BCUT2D eigenvalue weighted by molar-refractivity contribution is 5.72. The molecule has 0 aliphatic rings. The van der Waals surface area contributed by atoms with Crippen molar-refractivity contribution in [2.24, 2.45) is 0 Å². The van der Waals surface area contributed by atoms with Gasteiger partial charge >= 0.3 is 0 Å². The maximum absolute atomic E-state index is 4.98. The van der Waals surface area contributed by atoms with Crippen LogP contribution in [-0.4, -0.2) is 36.4 Å². The Labute approximate surface area is 100 Å². The number of anilines is 1. The number of rotatable bonds is 3. The highest BCUT2D eigenvalue weighted by Gasteiger charge is 2.09. The topological polar surface area (TPSA) is 51.1 Å². The van der Waals surface area contributed by atoms with Gasteiger partial charge in [0, 0.05) is 31.9 Å². The summed E-state index contributed by atoms with van der Waals surface area (Å²) in [7, 11) is 5.46. The molecule has 0 bridgehead atoms. The molecule has 0 aromatic carbocycles. The first kappa shape index (κ1) is 11.3. The number of ether oxygens (including phenoxy) is 1. The Bertz CT molecular complexity index is 496. The summed E-state index contributed by atoms with van der Waals surface area (Å²) >= 11 is 0. The lowest BCUT2D eigenvalue weighted by Crippen LogP contribution is -2.12. The van der Waals surface area contributed by atoms with E-state index in [4.69, 9.17) is 4.74 Å². The fourth-order valence-electron chi connectivity index (χ4n) is 1.53. The SMILES string of the molecule is COc1ccc(-c2cccnc2N(C)C)nn1. The highest BCUT2D eigenvalue weighted by Crippen LogP contribution is 2.25. The second-order valence-corrected chi connectivity index (χ2v) is 3.73. The third-order valence-electron chi connectivity index (χ3n) is 2.34. The third-order valence-corrected chi connectivity index (χ3v) is 2.34. The Hall–Kier alpha value is -2.17. The van der Waals surface area contributed by atoms with Crippen LogP contribution in [0.1, 0.15) is 0 Å². The molecule has 2 heterocycles. The van der Waals surface area contributed by atoms with E-state index in [1.54, 1.807) is 19.4 Å². The molecule has 5 nitrogen and oxygen atoms in total. The molecular formula is C12H14N4O. The van der Waals surface area contributed by atoms with Crippen molar-refractivity contribution >= 4 is 5.82 Å². The molecule has 0 aliphatic carbocycles. The molecule has 5 heteroatoms. The number of nitrogens with zero attached hydrogens (tertiary/aromatic N) is 4. The van der Waals surface area contributed by atoms with Gasteiger partial charge in [-0.3, -0.25) is 0 Å². The minimum absolute atomic E-state index is 0.504. The maximum Gasteiger partial charge on any atom is 0.233 e. The zero-order valence-corrected chi connectivity index (χ0v) is 10.1. The quantitative estimate of drug-likeness (QED) is 0.801. The van der Waals surface area contributed by atoms with Crippen LogP contribution in [0.2, 0.25) is 0 Å². The fourth-order valence-corrected chi connectivity index (χ4v) is 1.53. The predicted molar refractivity (Wildman–Crippen MR) is 66.1 cm³/mol. The number of methoxy groups -OCH3 is 1. The van der Waals surface area contributed by atoms with Gasteiger partial charge in [0.1, 0.15) is 5.82 Å². The summed E-state index contributed by atoms with van der Waals surface area (Å²) in [5, 5.41) is 8.08. The van der Waals surface area contributed by atoms with Crippen LogP contribution in [0.4, 0.5) is 5.82 Å². The van der Waals surface area contributed by atoms with Gasteiger partial charge in [0.25, 0.3) is 0 Å². The summed E-state index contributed by atoms with van der Waals surface area (Å²) in [4.78, 5) is 6.27. The fraction of sp³-hybridized carbons (Fsp3) is 0.250. The van der Waals surface area contributed by atoms with Crippen molar-refractivity contribution in [2.75, 3.05) is 26.1 Å². The first-order chi connectivity index (χ1) is 8.22. The smallest absolute Gasteiger partial charge is 0.233 e. The molecule has 0 spiro atoms. The van der Waals surface area contributed by atoms with Crippen LogP contribution in [0.3, 0.4) is 0 Å². The molecule has 0 radical (unpaired) electrons. The zero-order valence-electron chi connectivity index (χ0n) is 10.1. The molecule has 0 saturated heterocycles. The van der Waals surface area contributed by atoms with Crippen LogP contribution in [0.5, 0.6) is 5.88 Å². The minimum atomic E-state index is 0.504. The van der Waals surface area contributed by atoms with E-state index in [2.05, 4.69) is 15.2 Å². The summed E-state index contributed by atoms with van der Waals surface area (Å²) in [6.45, 7) is 0. The van der Waals surface area contributed by atoms with Crippen molar-refractivity contribution in [1.82, 2.24) is 15.2 Å². The van der Waals surface area contributed by atoms with Gasteiger partial charge in [-0.1, -0.05) is 0 Å². The Morgan fingerprint density at radius 2 is 1.94 bits per heavy atom. The van der Waals surface area contributed by atoms with Gasteiger partial charge in [0.05, 0.1) is 12.8 Å². The molecule has 0 amide bonds. The molecule has 0 N–H and O–H groups in total. The van der Waals surface area contributed by atoms with Crippen LogP contribution >= 0.6 is 0 Å². The van der Waals surface area contributed by atoms with Crippen LogP contribution in [0.15, 0.2) is 30.5 Å². The molecule has 0 atom stereocenters. The lowest BCUT2D eigenvalue weighted by Gasteiger charge is -2.14. The van der Waals surface area contributed by atoms with Gasteiger partial charge < -0.3 is 9.64 Å². The minimum Gasteiger partial charge on any atom is -0.480 e. The van der Waals surface area contributed by atoms with Crippen LogP contribution in [0, 0.1) is 0 Å². The van der Waals surface area contributed by atoms with E-state index in [1.807, 2.05) is 37.2 Å². The Morgan fingerprint density at radius 3 is 2.53 bits per heavy atom. The number of hydrogen-bond donors (Lipinski definition) is 0. The maximum atomic E-state index is 4.98. The molecule has 0 aliphatic heterocycles. The first-order valence-corrected chi connectivity index (χ1v) is 5.23. The van der Waals surface area contributed by atoms with Crippen LogP contribution < -0.4 is 9.64 Å². The van der Waals surface area contributed by atoms with E-state index in [0.29, 0.717) is 5.88 Å². The molecule has 17 heavy (non-hydrogen) atoms. The van der Waals surface area contributed by atoms with E-state index in [0.717, 1.165) is 17.1 Å². The van der Waals surface area contributed by atoms with Gasteiger partial charge in [0.2, 0.25) is 5.88 Å². The van der Waals surface area contributed by atoms with Crippen LogP contribution in [0.25, 0.3) is 11.3 Å². The number of aromatic nitrogens is 3. The summed E-state index contributed by atoms with van der Waals surface area (Å²) in [6.07, 6.45) is 1.76. The van der Waals surface area contributed by atoms with Gasteiger partial charge in [0.15, 0.2) is 0 Å². The van der Waals surface area contributed by atoms with E-state index < -0.39 is 0 Å². The summed E-state index contributed by atoms with van der Waals surface area (Å²) in [5.74, 6) is 1.37. The number of hydrogen-bond acceptors (Lipinski definition) is 5. The first-order valence-electron chi connectivity index (χ1n) is 5.23. The third kappa shape index (κ3) is 2.33. The summed E-state index contributed by atoms with van der Waals surface area (Å²) in [5.41, 5.74) is 1.73. The van der Waals surface area contributed by atoms with Gasteiger partial charge in [-0.2, -0.15) is 0 Å². The molecule has 2 rings (SSSR count). The monoisotopic (exact) mass is 230 g/mol. The molecule has 2 aromatic rings. The predicted octanol–water partition coefficient (Wildman–Crippen LogP) is 1.61. The average Bonchev–Trinajstić information content (AvgIpc) is 2.39. The molecule has 2 aromatic heterocycles.